The van der Waals surface area contributed by atoms with E-state index in [0.29, 0.717) is 13.0 Å². The van der Waals surface area contributed by atoms with E-state index < -0.39 is 31.6 Å². The highest BCUT2D eigenvalue weighted by Crippen LogP contribution is 2.54. The lowest BCUT2D eigenvalue weighted by molar-refractivity contribution is -0.180. The SMILES string of the molecule is [B]C1O[C@@]2(COCCCC)C(C)OC1C2OP(=O)(O)OCCCC. The van der Waals surface area contributed by atoms with Crippen molar-refractivity contribution < 1.29 is 32.7 Å². The number of unbranched alkanes of at least 4 members (excludes halogenated alkanes) is 2. The Morgan fingerprint density at radius 1 is 1.25 bits per heavy atom. The Morgan fingerprint density at radius 3 is 2.58 bits per heavy atom. The predicted octanol–water partition coefficient (Wildman–Crippen LogP) is 2.16. The molecule has 2 saturated heterocycles. The van der Waals surface area contributed by atoms with Crippen LogP contribution in [-0.2, 0) is 27.8 Å². The molecule has 2 aliphatic rings. The van der Waals surface area contributed by atoms with Gasteiger partial charge in [0.15, 0.2) is 0 Å². The van der Waals surface area contributed by atoms with E-state index >= 15 is 0 Å². The third kappa shape index (κ3) is 4.42. The molecule has 138 valence electrons. The smallest absolute Gasteiger partial charge is 0.378 e. The number of hydrogen-bond donors (Lipinski definition) is 1. The van der Waals surface area contributed by atoms with E-state index in [1.165, 1.54) is 0 Å². The zero-order valence-corrected chi connectivity index (χ0v) is 15.6. The molecule has 0 aromatic heterocycles. The number of fused-ring (bicyclic) bond motifs is 2. The minimum Gasteiger partial charge on any atom is -0.378 e. The Balaban J connectivity index is 2.04. The average molecular weight is 362 g/mol. The van der Waals surface area contributed by atoms with Crippen LogP contribution in [-0.4, -0.2) is 62.5 Å². The second-order valence-electron chi connectivity index (χ2n) is 6.37. The van der Waals surface area contributed by atoms with E-state index in [1.54, 1.807) is 0 Å². The summed E-state index contributed by atoms with van der Waals surface area (Å²) >= 11 is 0. The van der Waals surface area contributed by atoms with Crippen molar-refractivity contribution in [2.24, 2.45) is 0 Å². The number of rotatable bonds is 11. The van der Waals surface area contributed by atoms with Crippen molar-refractivity contribution in [3.05, 3.63) is 0 Å². The van der Waals surface area contributed by atoms with Gasteiger partial charge in [-0.1, -0.05) is 26.7 Å². The van der Waals surface area contributed by atoms with Crippen LogP contribution in [0.1, 0.15) is 46.5 Å². The van der Waals surface area contributed by atoms with E-state index in [9.17, 15) is 9.46 Å². The predicted molar refractivity (Wildman–Crippen MR) is 89.0 cm³/mol. The highest BCUT2D eigenvalue weighted by atomic mass is 31.2. The van der Waals surface area contributed by atoms with Crippen molar-refractivity contribution in [1.29, 1.82) is 0 Å². The topological polar surface area (TPSA) is 83.5 Å². The van der Waals surface area contributed by atoms with Crippen molar-refractivity contribution >= 4 is 15.7 Å². The maximum Gasteiger partial charge on any atom is 0.472 e. The fourth-order valence-electron chi connectivity index (χ4n) is 3.02. The van der Waals surface area contributed by atoms with Crippen LogP contribution in [0.3, 0.4) is 0 Å². The summed E-state index contributed by atoms with van der Waals surface area (Å²) in [6.07, 6.45) is 1.69. The van der Waals surface area contributed by atoms with Gasteiger partial charge in [-0.15, -0.1) is 0 Å². The molecular weight excluding hydrogens is 334 g/mol. The van der Waals surface area contributed by atoms with Gasteiger partial charge in [-0.05, 0) is 19.8 Å². The van der Waals surface area contributed by atoms with Crippen molar-refractivity contribution in [2.45, 2.75) is 76.4 Å². The zero-order chi connectivity index (χ0) is 17.8. The minimum absolute atomic E-state index is 0.158. The second kappa shape index (κ2) is 8.63. The van der Waals surface area contributed by atoms with Crippen LogP contribution in [0.2, 0.25) is 0 Å². The first-order chi connectivity index (χ1) is 11.4. The summed E-state index contributed by atoms with van der Waals surface area (Å²) in [5, 5.41) is 0. The highest BCUT2D eigenvalue weighted by Gasteiger charge is 2.66. The van der Waals surface area contributed by atoms with Gasteiger partial charge in [0.05, 0.1) is 19.3 Å². The van der Waals surface area contributed by atoms with Crippen LogP contribution >= 0.6 is 7.82 Å². The van der Waals surface area contributed by atoms with Crippen LogP contribution in [0, 0.1) is 0 Å². The molecule has 24 heavy (non-hydrogen) atoms. The van der Waals surface area contributed by atoms with E-state index in [-0.39, 0.29) is 19.3 Å². The normalized spacial score (nSPS) is 37.7. The molecular formula is C15H28BO7P. The van der Waals surface area contributed by atoms with Gasteiger partial charge in [0.1, 0.15) is 25.7 Å². The lowest BCUT2D eigenvalue weighted by Crippen LogP contribution is -2.51. The van der Waals surface area contributed by atoms with Gasteiger partial charge in [-0.2, -0.15) is 0 Å². The first-order valence-corrected chi connectivity index (χ1v) is 10.2. The third-order valence-corrected chi connectivity index (χ3v) is 5.48. The molecule has 0 aromatic rings. The summed E-state index contributed by atoms with van der Waals surface area (Å²) in [7, 11) is 1.72. The number of hydrogen-bond acceptors (Lipinski definition) is 6. The second-order valence-corrected chi connectivity index (χ2v) is 7.77. The summed E-state index contributed by atoms with van der Waals surface area (Å²) in [4.78, 5) is 9.98. The van der Waals surface area contributed by atoms with Crippen LogP contribution in [0.5, 0.6) is 0 Å². The van der Waals surface area contributed by atoms with E-state index in [2.05, 4.69) is 6.92 Å². The van der Waals surface area contributed by atoms with Gasteiger partial charge in [0, 0.05) is 12.6 Å². The summed E-state index contributed by atoms with van der Waals surface area (Å²) < 4.78 is 39.9. The third-order valence-electron chi connectivity index (χ3n) is 4.48. The Labute approximate surface area is 145 Å². The molecule has 0 saturated carbocycles. The van der Waals surface area contributed by atoms with E-state index in [0.717, 1.165) is 19.3 Å². The van der Waals surface area contributed by atoms with Gasteiger partial charge in [0.2, 0.25) is 0 Å². The Morgan fingerprint density at radius 2 is 1.92 bits per heavy atom. The lowest BCUT2D eigenvalue weighted by atomic mass is 9.90. The largest absolute Gasteiger partial charge is 0.472 e. The van der Waals surface area contributed by atoms with Crippen molar-refractivity contribution in [1.82, 2.24) is 0 Å². The molecule has 1 N–H and O–H groups in total. The molecule has 0 aliphatic carbocycles. The van der Waals surface area contributed by atoms with E-state index in [4.69, 9.17) is 31.1 Å². The standard InChI is InChI=1S/C15H28BO7P/c1-4-6-8-19-10-15-11(3)21-12(14(16)22-15)13(15)23-24(17,18)20-9-7-5-2/h11-14H,4-10H2,1-3H3,(H,17,18)/t11?,12?,13?,14?,15-/m0/s1. The fourth-order valence-corrected chi connectivity index (χ4v) is 4.03. The van der Waals surface area contributed by atoms with Gasteiger partial charge < -0.3 is 19.1 Å². The molecule has 2 fully saturated rings. The van der Waals surface area contributed by atoms with Crippen LogP contribution in [0.25, 0.3) is 0 Å². The molecule has 0 amide bonds. The van der Waals surface area contributed by atoms with Gasteiger partial charge >= 0.3 is 7.82 Å². The molecule has 9 heteroatoms. The van der Waals surface area contributed by atoms with Gasteiger partial charge in [0.25, 0.3) is 0 Å². The number of phosphoric acid groups is 1. The highest BCUT2D eigenvalue weighted by molar-refractivity contribution is 7.47. The molecule has 0 aromatic carbocycles. The minimum atomic E-state index is -4.22. The number of ether oxygens (including phenoxy) is 3. The summed E-state index contributed by atoms with van der Waals surface area (Å²) in [6, 6.07) is -0.725. The Hall–Kier alpha value is 0.0549. The summed E-state index contributed by atoms with van der Waals surface area (Å²) in [6.45, 7) is 6.79. The van der Waals surface area contributed by atoms with Gasteiger partial charge in [-0.3, -0.25) is 9.05 Å². The van der Waals surface area contributed by atoms with Gasteiger partial charge in [-0.25, -0.2) is 4.57 Å². The molecule has 2 rings (SSSR count). The maximum atomic E-state index is 12.2. The van der Waals surface area contributed by atoms with Crippen LogP contribution < -0.4 is 0 Å². The molecule has 7 nitrogen and oxygen atoms in total. The first-order valence-electron chi connectivity index (χ1n) is 8.68. The van der Waals surface area contributed by atoms with Crippen LogP contribution in [0.15, 0.2) is 0 Å². The summed E-state index contributed by atoms with van der Waals surface area (Å²) in [5.41, 5.74) is -0.996. The molecule has 2 aliphatic heterocycles. The maximum absolute atomic E-state index is 12.2. The Bertz CT molecular complexity index is 452. The average Bonchev–Trinajstić information content (AvgIpc) is 2.91. The number of phosphoric ester groups is 1. The lowest BCUT2D eigenvalue weighted by Gasteiger charge is -2.35. The fraction of sp³-hybridized carbons (Fsp3) is 1.00. The van der Waals surface area contributed by atoms with Crippen molar-refractivity contribution in [3.63, 3.8) is 0 Å². The first kappa shape index (κ1) is 20.4. The molecule has 2 heterocycles. The molecule has 6 atom stereocenters. The molecule has 2 bridgehead atoms. The van der Waals surface area contributed by atoms with Crippen molar-refractivity contribution in [2.75, 3.05) is 19.8 Å². The molecule has 0 spiro atoms. The van der Waals surface area contributed by atoms with Crippen molar-refractivity contribution in [3.8, 4) is 0 Å². The molecule has 5 unspecified atom stereocenters. The monoisotopic (exact) mass is 362 g/mol. The van der Waals surface area contributed by atoms with E-state index in [1.807, 2.05) is 13.8 Å². The molecule has 2 radical (unpaired) electrons. The summed E-state index contributed by atoms with van der Waals surface area (Å²) in [5.74, 6) is 0. The Kier molecular flexibility index (Phi) is 7.32. The zero-order valence-electron chi connectivity index (χ0n) is 14.7. The van der Waals surface area contributed by atoms with Crippen LogP contribution in [0.4, 0.5) is 0 Å². The quantitative estimate of drug-likeness (QED) is 0.343.